The number of hydrogen-bond donors (Lipinski definition) is 1. The Morgan fingerprint density at radius 3 is 1.79 bits per heavy atom. The first kappa shape index (κ1) is 23.1. The highest BCUT2D eigenvalue weighted by Gasteiger charge is 2.60. The van der Waals surface area contributed by atoms with Crippen LogP contribution >= 0.6 is 0 Å². The van der Waals surface area contributed by atoms with E-state index in [0.29, 0.717) is 16.7 Å². The minimum Gasteiger partial charge on any atom is -0.463 e. The average Bonchev–Trinajstić information content (AvgIpc) is 2.44. The molecule has 0 aliphatic carbocycles. The molecule has 0 amide bonds. The molecule has 0 aromatic heterocycles. The Hall–Kier alpha value is -0.883. The van der Waals surface area contributed by atoms with E-state index in [1.807, 2.05) is 13.8 Å². The molecule has 0 radical (unpaired) electrons. The van der Waals surface area contributed by atoms with Crippen LogP contribution in [-0.4, -0.2) is 45.1 Å². The molecular weight excluding hydrogens is 324 g/mol. The lowest BCUT2D eigenvalue weighted by Crippen LogP contribution is -2.58. The second kappa shape index (κ2) is 9.56. The second-order valence-electron chi connectivity index (χ2n) is 7.58. The number of carbonyl (C=O) groups excluding carboxylic acids is 2. The molecule has 24 heavy (non-hydrogen) atoms. The van der Waals surface area contributed by atoms with Gasteiger partial charge in [0.1, 0.15) is 0 Å². The highest BCUT2D eigenvalue weighted by molar-refractivity contribution is 6.30. The molecular formula is C18H36O5Si. The number of rotatable bonds is 10. The molecule has 0 aromatic rings. The monoisotopic (exact) mass is 360 g/mol. The Labute approximate surface area is 149 Å². The molecule has 0 heterocycles. The molecule has 5 nitrogen and oxygen atoms in total. The van der Waals surface area contributed by atoms with Crippen molar-refractivity contribution in [2.45, 2.75) is 97.0 Å². The predicted octanol–water partition coefficient (Wildman–Crippen LogP) is 2.38. The molecule has 142 valence electrons. The maximum absolute atomic E-state index is 12.8. The summed E-state index contributed by atoms with van der Waals surface area (Å²) in [5, 5.41) is 10.1. The van der Waals surface area contributed by atoms with Gasteiger partial charge >= 0.3 is 11.9 Å². The van der Waals surface area contributed by atoms with Crippen LogP contribution in [0.5, 0.6) is 0 Å². The number of carbonyl (C=O) groups is 2. The molecule has 6 heteroatoms. The highest BCUT2D eigenvalue weighted by Crippen LogP contribution is 2.48. The normalized spacial score (nSPS) is 17.0. The summed E-state index contributed by atoms with van der Waals surface area (Å²) < 4.78 is 10.7. The van der Waals surface area contributed by atoms with Crippen molar-refractivity contribution in [2.75, 3.05) is 0 Å². The molecule has 0 aliphatic heterocycles. The zero-order valence-electron chi connectivity index (χ0n) is 16.6. The van der Waals surface area contributed by atoms with Gasteiger partial charge in [-0.2, -0.15) is 0 Å². The molecule has 0 spiro atoms. The number of ether oxygens (including phenoxy) is 2. The lowest BCUT2D eigenvalue weighted by Gasteiger charge is -2.44. The van der Waals surface area contributed by atoms with Crippen LogP contribution in [0.1, 0.15) is 74.1 Å². The summed E-state index contributed by atoms with van der Waals surface area (Å²) in [6.45, 7) is 12.8. The van der Waals surface area contributed by atoms with Gasteiger partial charge in [0.15, 0.2) is 5.60 Å². The van der Waals surface area contributed by atoms with Gasteiger partial charge in [0, 0.05) is 10.2 Å². The van der Waals surface area contributed by atoms with Gasteiger partial charge in [-0.25, -0.2) is 4.79 Å². The Kier molecular flexibility index (Phi) is 9.21. The van der Waals surface area contributed by atoms with Crippen molar-refractivity contribution >= 4 is 22.2 Å². The van der Waals surface area contributed by atoms with Gasteiger partial charge in [-0.1, -0.05) is 33.6 Å². The van der Waals surface area contributed by atoms with Gasteiger partial charge in [-0.05, 0) is 46.5 Å². The summed E-state index contributed by atoms with van der Waals surface area (Å²) in [4.78, 5) is 25.6. The van der Waals surface area contributed by atoms with E-state index < -0.39 is 22.6 Å². The average molecular weight is 361 g/mol. The topological polar surface area (TPSA) is 72.8 Å². The summed E-state index contributed by atoms with van der Waals surface area (Å²) in [7, 11) is 0.291. The first-order valence-electron chi connectivity index (χ1n) is 9.07. The van der Waals surface area contributed by atoms with Crippen molar-refractivity contribution in [2.24, 2.45) is 5.92 Å². The van der Waals surface area contributed by atoms with E-state index in [-0.39, 0.29) is 24.5 Å². The third-order valence-electron chi connectivity index (χ3n) is 4.60. The fourth-order valence-corrected chi connectivity index (χ4v) is 3.31. The van der Waals surface area contributed by atoms with Crippen LogP contribution in [0.4, 0.5) is 0 Å². The van der Waals surface area contributed by atoms with Gasteiger partial charge in [0.05, 0.1) is 17.2 Å². The second-order valence-corrected chi connectivity index (χ2v) is 9.16. The Morgan fingerprint density at radius 2 is 1.42 bits per heavy atom. The maximum atomic E-state index is 12.8. The van der Waals surface area contributed by atoms with E-state index in [1.54, 1.807) is 27.7 Å². The highest BCUT2D eigenvalue weighted by atomic mass is 28.1. The molecule has 1 N–H and O–H groups in total. The van der Waals surface area contributed by atoms with Gasteiger partial charge in [-0.3, -0.25) is 4.79 Å². The SMILES string of the molecule is CCCCCC(O)(C(=O)OC(C)C)C([SiH3])(C(=O)OC(C)C)C(C)C. The lowest BCUT2D eigenvalue weighted by atomic mass is 9.75. The molecule has 0 saturated carbocycles. The van der Waals surface area contributed by atoms with Crippen molar-refractivity contribution in [1.29, 1.82) is 0 Å². The molecule has 0 saturated heterocycles. The van der Waals surface area contributed by atoms with Gasteiger partial charge < -0.3 is 14.6 Å². The van der Waals surface area contributed by atoms with E-state index >= 15 is 0 Å². The van der Waals surface area contributed by atoms with Crippen molar-refractivity contribution in [1.82, 2.24) is 0 Å². The molecule has 0 rings (SSSR count). The lowest BCUT2D eigenvalue weighted by molar-refractivity contribution is -0.187. The van der Waals surface area contributed by atoms with Crippen LogP contribution in [0.2, 0.25) is 5.04 Å². The van der Waals surface area contributed by atoms with Crippen LogP contribution in [0.25, 0.3) is 0 Å². The summed E-state index contributed by atoms with van der Waals surface area (Å²) >= 11 is 0. The summed E-state index contributed by atoms with van der Waals surface area (Å²) in [5.41, 5.74) is -1.85. The zero-order chi connectivity index (χ0) is 19.1. The van der Waals surface area contributed by atoms with E-state index in [0.717, 1.165) is 12.8 Å². The van der Waals surface area contributed by atoms with Gasteiger partial charge in [0.2, 0.25) is 0 Å². The predicted molar refractivity (Wildman–Crippen MR) is 99.0 cm³/mol. The van der Waals surface area contributed by atoms with Crippen LogP contribution in [-0.2, 0) is 19.1 Å². The minimum absolute atomic E-state index is 0.210. The van der Waals surface area contributed by atoms with Crippen molar-refractivity contribution in [3.8, 4) is 0 Å². The molecule has 0 aromatic carbocycles. The molecule has 2 atom stereocenters. The quantitative estimate of drug-likeness (QED) is 0.368. The first-order valence-corrected chi connectivity index (χ1v) is 10.1. The summed E-state index contributed by atoms with van der Waals surface area (Å²) in [6, 6.07) is 0. The summed E-state index contributed by atoms with van der Waals surface area (Å²) in [6.07, 6.45) is 2.06. The smallest absolute Gasteiger partial charge is 0.339 e. The maximum Gasteiger partial charge on any atom is 0.339 e. The Bertz CT molecular complexity index is 422. The molecule has 0 fully saturated rings. The van der Waals surface area contributed by atoms with E-state index in [4.69, 9.17) is 9.47 Å². The van der Waals surface area contributed by atoms with E-state index in [2.05, 4.69) is 6.92 Å². The van der Waals surface area contributed by atoms with E-state index in [1.165, 1.54) is 0 Å². The van der Waals surface area contributed by atoms with Crippen molar-refractivity contribution in [3.63, 3.8) is 0 Å². The fraction of sp³-hybridized carbons (Fsp3) is 0.889. The molecule has 0 bridgehead atoms. The Balaban J connectivity index is 5.89. The largest absolute Gasteiger partial charge is 0.463 e. The zero-order valence-corrected chi connectivity index (χ0v) is 18.6. The van der Waals surface area contributed by atoms with E-state index in [9.17, 15) is 14.7 Å². The van der Waals surface area contributed by atoms with Crippen LogP contribution in [0, 0.1) is 5.92 Å². The number of unbranched alkanes of at least 4 members (excludes halogenated alkanes) is 2. The molecule has 0 aliphatic rings. The van der Waals surface area contributed by atoms with Crippen LogP contribution < -0.4 is 0 Å². The third kappa shape index (κ3) is 5.31. The van der Waals surface area contributed by atoms with Crippen molar-refractivity contribution < 1.29 is 24.2 Å². The number of esters is 2. The minimum atomic E-state index is -1.85. The number of aliphatic hydroxyl groups is 1. The number of hydrogen-bond acceptors (Lipinski definition) is 5. The first-order chi connectivity index (χ1) is 10.9. The standard InChI is InChI=1S/C18H36O5Si/c1-8-9-10-11-17(21,15(19)22-13(4)5)18(24,12(2)3)16(20)23-14(6)7/h12-14,21H,8-11H2,1-7,24H3. The summed E-state index contributed by atoms with van der Waals surface area (Å²) in [5.74, 6) is -1.45. The van der Waals surface area contributed by atoms with Crippen LogP contribution in [0.3, 0.4) is 0 Å². The van der Waals surface area contributed by atoms with Gasteiger partial charge in [-0.15, -0.1) is 0 Å². The molecule has 2 unspecified atom stereocenters. The third-order valence-corrected chi connectivity index (χ3v) is 6.99. The van der Waals surface area contributed by atoms with Gasteiger partial charge in [0.25, 0.3) is 0 Å². The van der Waals surface area contributed by atoms with Crippen molar-refractivity contribution in [3.05, 3.63) is 0 Å². The fourth-order valence-electron chi connectivity index (χ4n) is 2.73. The van der Waals surface area contributed by atoms with Crippen LogP contribution in [0.15, 0.2) is 0 Å². The Morgan fingerprint density at radius 1 is 0.958 bits per heavy atom.